The Kier molecular flexibility index (Phi) is 4.92. The fourth-order valence-electron chi connectivity index (χ4n) is 2.21. The average Bonchev–Trinajstić information content (AvgIpc) is 2.92. The van der Waals surface area contributed by atoms with Crippen molar-refractivity contribution in [2.45, 2.75) is 19.4 Å². The van der Waals surface area contributed by atoms with Crippen LogP contribution in [0.5, 0.6) is 0 Å². The molecule has 1 aliphatic rings. The summed E-state index contributed by atoms with van der Waals surface area (Å²) in [6.07, 6.45) is 5.13. The van der Waals surface area contributed by atoms with Gasteiger partial charge in [-0.05, 0) is 24.8 Å². The fraction of sp³-hybridized carbons (Fsp3) is 0.727. The number of aliphatic hydroxyl groups is 1. The van der Waals surface area contributed by atoms with Crippen LogP contribution in [0, 0.1) is 5.92 Å². The molecule has 0 spiro atoms. The number of piperidine rings is 1. The van der Waals surface area contributed by atoms with Gasteiger partial charge in [-0.15, -0.1) is 0 Å². The van der Waals surface area contributed by atoms with Crippen LogP contribution in [0.2, 0.25) is 0 Å². The van der Waals surface area contributed by atoms with E-state index < -0.39 is 10.2 Å². The monoisotopic (exact) mass is 288 g/mol. The van der Waals surface area contributed by atoms with Crippen LogP contribution in [0.15, 0.2) is 18.5 Å². The topological polar surface area (TPSA) is 87.5 Å². The second kappa shape index (κ2) is 6.47. The van der Waals surface area contributed by atoms with Crippen LogP contribution in [0.25, 0.3) is 0 Å². The van der Waals surface area contributed by atoms with Gasteiger partial charge in [0.2, 0.25) is 0 Å². The van der Waals surface area contributed by atoms with E-state index >= 15 is 0 Å². The molecule has 1 saturated heterocycles. The van der Waals surface area contributed by atoms with Crippen molar-refractivity contribution in [2.24, 2.45) is 5.92 Å². The van der Waals surface area contributed by atoms with Gasteiger partial charge in [0.15, 0.2) is 0 Å². The van der Waals surface area contributed by atoms with E-state index in [0.717, 1.165) is 12.8 Å². The zero-order chi connectivity index (χ0) is 13.7. The van der Waals surface area contributed by atoms with Crippen LogP contribution >= 0.6 is 0 Å². The Balaban J connectivity index is 1.83. The van der Waals surface area contributed by atoms with Crippen LogP contribution < -0.4 is 4.72 Å². The molecule has 1 atom stereocenters. The zero-order valence-corrected chi connectivity index (χ0v) is 11.6. The Labute approximate surface area is 113 Å². The van der Waals surface area contributed by atoms with Gasteiger partial charge >= 0.3 is 0 Å². The largest absolute Gasteiger partial charge is 0.396 e. The third-order valence-corrected chi connectivity index (χ3v) is 4.84. The Hall–Kier alpha value is -0.960. The van der Waals surface area contributed by atoms with Gasteiger partial charge in [-0.2, -0.15) is 17.8 Å². The van der Waals surface area contributed by atoms with Crippen LogP contribution in [0.1, 0.15) is 12.8 Å². The second-order valence-corrected chi connectivity index (χ2v) is 6.47. The highest BCUT2D eigenvalue weighted by Gasteiger charge is 2.27. The summed E-state index contributed by atoms with van der Waals surface area (Å²) in [6, 6.07) is 1.80. The maximum atomic E-state index is 12.1. The lowest BCUT2D eigenvalue weighted by molar-refractivity contribution is 0.164. The maximum absolute atomic E-state index is 12.1. The van der Waals surface area contributed by atoms with E-state index in [-0.39, 0.29) is 12.5 Å². The van der Waals surface area contributed by atoms with E-state index in [1.54, 1.807) is 23.1 Å². The minimum absolute atomic E-state index is 0.0410. The molecule has 1 aromatic heterocycles. The molecular weight excluding hydrogens is 268 g/mol. The normalized spacial score (nSPS) is 21.6. The Morgan fingerprint density at radius 1 is 1.47 bits per heavy atom. The summed E-state index contributed by atoms with van der Waals surface area (Å²) in [7, 11) is -3.45. The van der Waals surface area contributed by atoms with E-state index in [9.17, 15) is 8.42 Å². The van der Waals surface area contributed by atoms with Crippen molar-refractivity contribution in [3.63, 3.8) is 0 Å². The average molecular weight is 288 g/mol. The van der Waals surface area contributed by atoms with E-state index in [4.69, 9.17) is 5.11 Å². The highest BCUT2D eigenvalue weighted by atomic mass is 32.2. The van der Waals surface area contributed by atoms with Gasteiger partial charge in [0, 0.05) is 38.6 Å². The van der Waals surface area contributed by atoms with E-state index in [1.165, 1.54) is 4.31 Å². The molecule has 8 heteroatoms. The molecule has 0 aliphatic carbocycles. The highest BCUT2D eigenvalue weighted by molar-refractivity contribution is 7.87. The van der Waals surface area contributed by atoms with Crippen molar-refractivity contribution in [1.82, 2.24) is 18.8 Å². The van der Waals surface area contributed by atoms with Gasteiger partial charge in [-0.1, -0.05) is 0 Å². The number of aliphatic hydroxyl groups excluding tert-OH is 1. The van der Waals surface area contributed by atoms with Crippen molar-refractivity contribution in [3.8, 4) is 0 Å². The quantitative estimate of drug-likeness (QED) is 0.733. The Morgan fingerprint density at radius 3 is 3.00 bits per heavy atom. The van der Waals surface area contributed by atoms with Crippen molar-refractivity contribution >= 4 is 10.2 Å². The summed E-state index contributed by atoms with van der Waals surface area (Å²) in [5.41, 5.74) is 0. The third kappa shape index (κ3) is 4.00. The molecule has 1 unspecified atom stereocenters. The number of hydrogen-bond acceptors (Lipinski definition) is 4. The van der Waals surface area contributed by atoms with Crippen molar-refractivity contribution in [3.05, 3.63) is 18.5 Å². The van der Waals surface area contributed by atoms with E-state index in [2.05, 4.69) is 9.82 Å². The molecule has 0 bridgehead atoms. The maximum Gasteiger partial charge on any atom is 0.279 e. The molecule has 108 valence electrons. The summed E-state index contributed by atoms with van der Waals surface area (Å²) in [6.45, 7) is 1.77. The molecule has 2 N–H and O–H groups in total. The predicted octanol–water partition coefficient (Wildman–Crippen LogP) is -0.578. The van der Waals surface area contributed by atoms with Crippen molar-refractivity contribution in [2.75, 3.05) is 26.2 Å². The molecule has 0 radical (unpaired) electrons. The highest BCUT2D eigenvalue weighted by Crippen LogP contribution is 2.17. The number of aromatic nitrogens is 2. The van der Waals surface area contributed by atoms with Crippen LogP contribution in [-0.4, -0.2) is 53.9 Å². The SMILES string of the molecule is O=S(=O)(NCCn1cccn1)N1CCCC(CO)C1. The predicted molar refractivity (Wildman–Crippen MR) is 70.5 cm³/mol. The van der Waals surface area contributed by atoms with Gasteiger partial charge < -0.3 is 5.11 Å². The standard InChI is InChI=1S/C11H20N4O3S/c16-10-11-3-1-7-15(9-11)19(17,18)13-5-8-14-6-2-4-12-14/h2,4,6,11,13,16H,1,3,5,7-10H2. The molecule has 0 aromatic carbocycles. The minimum Gasteiger partial charge on any atom is -0.396 e. The summed E-state index contributed by atoms with van der Waals surface area (Å²) >= 11 is 0. The first-order valence-corrected chi connectivity index (χ1v) is 7.89. The lowest BCUT2D eigenvalue weighted by atomic mass is 10.0. The van der Waals surface area contributed by atoms with E-state index in [0.29, 0.717) is 26.2 Å². The smallest absolute Gasteiger partial charge is 0.279 e. The van der Waals surface area contributed by atoms with Crippen LogP contribution in [-0.2, 0) is 16.8 Å². The molecule has 0 saturated carbocycles. The van der Waals surface area contributed by atoms with Crippen molar-refractivity contribution < 1.29 is 13.5 Å². The molecule has 7 nitrogen and oxygen atoms in total. The molecular formula is C11H20N4O3S. The van der Waals surface area contributed by atoms with Gasteiger partial charge in [-0.25, -0.2) is 4.72 Å². The summed E-state index contributed by atoms with van der Waals surface area (Å²) in [5, 5.41) is 13.1. The minimum atomic E-state index is -3.45. The third-order valence-electron chi connectivity index (χ3n) is 3.26. The number of hydrogen-bond donors (Lipinski definition) is 2. The lowest BCUT2D eigenvalue weighted by Gasteiger charge is -2.30. The van der Waals surface area contributed by atoms with Gasteiger partial charge in [0.25, 0.3) is 10.2 Å². The second-order valence-electron chi connectivity index (χ2n) is 4.72. The van der Waals surface area contributed by atoms with Crippen LogP contribution in [0.3, 0.4) is 0 Å². The molecule has 2 rings (SSSR count). The number of nitrogens with zero attached hydrogens (tertiary/aromatic N) is 3. The zero-order valence-electron chi connectivity index (χ0n) is 10.8. The van der Waals surface area contributed by atoms with Crippen molar-refractivity contribution in [1.29, 1.82) is 0 Å². The van der Waals surface area contributed by atoms with Crippen LogP contribution in [0.4, 0.5) is 0 Å². The first-order valence-electron chi connectivity index (χ1n) is 6.45. The molecule has 0 amide bonds. The molecule has 19 heavy (non-hydrogen) atoms. The molecule has 1 fully saturated rings. The first kappa shape index (κ1) is 14.4. The lowest BCUT2D eigenvalue weighted by Crippen LogP contribution is -2.47. The van der Waals surface area contributed by atoms with Gasteiger partial charge in [0.05, 0.1) is 6.54 Å². The fourth-order valence-corrected chi connectivity index (χ4v) is 3.52. The summed E-state index contributed by atoms with van der Waals surface area (Å²) < 4.78 is 29.8. The summed E-state index contributed by atoms with van der Waals surface area (Å²) in [4.78, 5) is 0. The van der Waals surface area contributed by atoms with Gasteiger partial charge in [-0.3, -0.25) is 4.68 Å². The first-order chi connectivity index (χ1) is 9.12. The van der Waals surface area contributed by atoms with E-state index in [1.807, 2.05) is 0 Å². The number of nitrogens with one attached hydrogen (secondary N) is 1. The van der Waals surface area contributed by atoms with Gasteiger partial charge in [0.1, 0.15) is 0 Å². The number of rotatable bonds is 6. The molecule has 1 aromatic rings. The summed E-state index contributed by atoms with van der Waals surface area (Å²) in [5.74, 6) is 0.0523. The molecule has 2 heterocycles. The Bertz CT molecular complexity index is 474. The Morgan fingerprint density at radius 2 is 2.32 bits per heavy atom. The molecule has 1 aliphatic heterocycles.